The van der Waals surface area contributed by atoms with Gasteiger partial charge in [0.05, 0.1) is 17.8 Å². The molecule has 11 heteroatoms. The second-order valence-corrected chi connectivity index (χ2v) is 10.4. The molecule has 41 heavy (non-hydrogen) atoms. The number of Topliss-reactive ketones (excluding diaryl/α,β-unsaturated/α-hetero) is 1. The van der Waals surface area contributed by atoms with E-state index in [-0.39, 0.29) is 41.8 Å². The Morgan fingerprint density at radius 3 is 2.22 bits per heavy atom. The van der Waals surface area contributed by atoms with Crippen LogP contribution in [0.15, 0.2) is 54.6 Å². The summed E-state index contributed by atoms with van der Waals surface area (Å²) in [6, 6.07) is 14.5. The number of hydrogen-bond donors (Lipinski definition) is 1. The number of ether oxygens (including phenoxy) is 1. The van der Waals surface area contributed by atoms with Crippen molar-refractivity contribution in [1.29, 1.82) is 0 Å². The van der Waals surface area contributed by atoms with Gasteiger partial charge in [-0.1, -0.05) is 38.1 Å². The Balaban J connectivity index is 1.44. The molecule has 0 spiro atoms. The predicted molar refractivity (Wildman–Crippen MR) is 147 cm³/mol. The van der Waals surface area contributed by atoms with Gasteiger partial charge >= 0.3 is 6.36 Å². The number of hydrogen-bond acceptors (Lipinski definition) is 5. The van der Waals surface area contributed by atoms with Gasteiger partial charge < -0.3 is 19.9 Å². The summed E-state index contributed by atoms with van der Waals surface area (Å²) in [5.74, 6) is -1.05. The van der Waals surface area contributed by atoms with Crippen LogP contribution in [0, 0.1) is 6.92 Å². The van der Waals surface area contributed by atoms with Crippen molar-refractivity contribution in [3.63, 3.8) is 0 Å². The average Bonchev–Trinajstić information content (AvgIpc) is 3.24. The van der Waals surface area contributed by atoms with Gasteiger partial charge in [0.15, 0.2) is 5.78 Å². The molecule has 0 saturated carbocycles. The van der Waals surface area contributed by atoms with Crippen LogP contribution < -0.4 is 10.5 Å². The van der Waals surface area contributed by atoms with Crippen LogP contribution in [0.5, 0.6) is 5.75 Å². The third kappa shape index (κ3) is 7.35. The Bertz CT molecular complexity index is 1420. The maximum atomic E-state index is 13.4. The number of carbonyl (C=O) groups is 3. The van der Waals surface area contributed by atoms with Crippen LogP contribution in [0.3, 0.4) is 0 Å². The Morgan fingerprint density at radius 2 is 1.63 bits per heavy atom. The monoisotopic (exact) mass is 570 g/mol. The SMILES string of the molecule is Cc1c(C(N)=O)cc(C(=O)CN2CCN(C(=O)c3ccc(C(C)C)cc3)CC2)n1Cc1cccc(OC(F)(F)F)c1. The van der Waals surface area contributed by atoms with E-state index in [9.17, 15) is 27.6 Å². The number of halogens is 3. The molecule has 3 aromatic rings. The third-order valence-corrected chi connectivity index (χ3v) is 7.24. The van der Waals surface area contributed by atoms with Crippen molar-refractivity contribution in [2.75, 3.05) is 32.7 Å². The summed E-state index contributed by atoms with van der Waals surface area (Å²) in [4.78, 5) is 42.1. The first-order valence-electron chi connectivity index (χ1n) is 13.3. The summed E-state index contributed by atoms with van der Waals surface area (Å²) in [7, 11) is 0. The van der Waals surface area contributed by atoms with Gasteiger partial charge in [0.25, 0.3) is 11.8 Å². The van der Waals surface area contributed by atoms with Crippen LogP contribution in [-0.2, 0) is 6.54 Å². The van der Waals surface area contributed by atoms with Gasteiger partial charge in [-0.05, 0) is 54.3 Å². The molecule has 1 aromatic heterocycles. The molecule has 0 unspecified atom stereocenters. The normalized spacial score (nSPS) is 14.4. The first-order chi connectivity index (χ1) is 19.3. The molecule has 4 rings (SSSR count). The minimum Gasteiger partial charge on any atom is -0.406 e. The van der Waals surface area contributed by atoms with Gasteiger partial charge in [0.1, 0.15) is 5.75 Å². The van der Waals surface area contributed by atoms with Crippen molar-refractivity contribution in [2.24, 2.45) is 5.73 Å². The summed E-state index contributed by atoms with van der Waals surface area (Å²) < 4.78 is 43.7. The quantitative estimate of drug-likeness (QED) is 0.379. The van der Waals surface area contributed by atoms with E-state index in [1.807, 2.05) is 29.2 Å². The number of rotatable bonds is 9. The Morgan fingerprint density at radius 1 is 0.976 bits per heavy atom. The highest BCUT2D eigenvalue weighted by atomic mass is 19.4. The molecular weight excluding hydrogens is 537 g/mol. The van der Waals surface area contributed by atoms with Gasteiger partial charge in [-0.15, -0.1) is 13.2 Å². The molecule has 2 aromatic carbocycles. The first-order valence-corrected chi connectivity index (χ1v) is 13.3. The first kappa shape index (κ1) is 29.9. The molecule has 0 bridgehead atoms. The van der Waals surface area contributed by atoms with Gasteiger partial charge in [-0.2, -0.15) is 0 Å². The van der Waals surface area contributed by atoms with E-state index in [2.05, 4.69) is 18.6 Å². The largest absolute Gasteiger partial charge is 0.573 e. The highest BCUT2D eigenvalue weighted by Gasteiger charge is 2.31. The minimum absolute atomic E-state index is 0.0348. The van der Waals surface area contributed by atoms with E-state index in [4.69, 9.17) is 5.73 Å². The lowest BCUT2D eigenvalue weighted by atomic mass is 10.0. The van der Waals surface area contributed by atoms with E-state index >= 15 is 0 Å². The lowest BCUT2D eigenvalue weighted by Crippen LogP contribution is -2.50. The van der Waals surface area contributed by atoms with Crippen molar-refractivity contribution in [3.8, 4) is 5.75 Å². The zero-order valence-corrected chi connectivity index (χ0v) is 23.2. The zero-order chi connectivity index (χ0) is 29.9. The van der Waals surface area contributed by atoms with Gasteiger partial charge in [-0.3, -0.25) is 19.3 Å². The average molecular weight is 571 g/mol. The predicted octanol–water partition coefficient (Wildman–Crippen LogP) is 4.61. The lowest BCUT2D eigenvalue weighted by molar-refractivity contribution is -0.274. The molecule has 2 N–H and O–H groups in total. The Labute approximate surface area is 236 Å². The van der Waals surface area contributed by atoms with Crippen LogP contribution in [-0.4, -0.2) is 71.1 Å². The molecule has 0 aliphatic carbocycles. The topological polar surface area (TPSA) is 97.9 Å². The van der Waals surface area contributed by atoms with Gasteiger partial charge in [-0.25, -0.2) is 0 Å². The summed E-state index contributed by atoms with van der Waals surface area (Å²) in [5.41, 5.74) is 8.57. The summed E-state index contributed by atoms with van der Waals surface area (Å²) in [5, 5.41) is 0. The lowest BCUT2D eigenvalue weighted by Gasteiger charge is -2.34. The molecule has 0 atom stereocenters. The number of piperazine rings is 1. The van der Waals surface area contributed by atoms with Crippen molar-refractivity contribution in [1.82, 2.24) is 14.4 Å². The molecule has 1 aliphatic rings. The zero-order valence-electron chi connectivity index (χ0n) is 23.2. The second-order valence-electron chi connectivity index (χ2n) is 10.4. The fourth-order valence-electron chi connectivity index (χ4n) is 4.94. The van der Waals surface area contributed by atoms with Gasteiger partial charge in [0.2, 0.25) is 0 Å². The molecule has 218 valence electrons. The fourth-order valence-corrected chi connectivity index (χ4v) is 4.94. The highest BCUT2D eigenvalue weighted by molar-refractivity contribution is 6.01. The molecule has 2 amide bonds. The van der Waals surface area contributed by atoms with Crippen LogP contribution in [0.1, 0.15) is 67.8 Å². The van der Waals surface area contributed by atoms with Crippen molar-refractivity contribution < 1.29 is 32.3 Å². The van der Waals surface area contributed by atoms with E-state index in [0.29, 0.717) is 48.9 Å². The number of amides is 2. The number of alkyl halides is 3. The summed E-state index contributed by atoms with van der Waals surface area (Å²) in [6.45, 7) is 7.78. The minimum atomic E-state index is -4.84. The van der Waals surface area contributed by atoms with Crippen LogP contribution in [0.25, 0.3) is 0 Å². The van der Waals surface area contributed by atoms with Crippen molar-refractivity contribution in [2.45, 2.75) is 39.6 Å². The van der Waals surface area contributed by atoms with Crippen LogP contribution >= 0.6 is 0 Å². The van der Waals surface area contributed by atoms with E-state index in [0.717, 1.165) is 5.56 Å². The number of carbonyl (C=O) groups excluding carboxylic acids is 3. The summed E-state index contributed by atoms with van der Waals surface area (Å²) >= 11 is 0. The van der Waals surface area contributed by atoms with E-state index in [1.165, 1.54) is 24.3 Å². The van der Waals surface area contributed by atoms with Gasteiger partial charge in [0, 0.05) is 44.0 Å². The van der Waals surface area contributed by atoms with E-state index < -0.39 is 12.3 Å². The number of primary amides is 1. The molecule has 1 saturated heterocycles. The summed E-state index contributed by atoms with van der Waals surface area (Å²) in [6.07, 6.45) is -4.84. The smallest absolute Gasteiger partial charge is 0.406 e. The molecule has 1 aliphatic heterocycles. The molecule has 1 fully saturated rings. The number of benzene rings is 2. The number of aromatic nitrogens is 1. The Hall–Kier alpha value is -4.12. The molecule has 8 nitrogen and oxygen atoms in total. The maximum Gasteiger partial charge on any atom is 0.573 e. The number of nitrogens with two attached hydrogens (primary N) is 1. The molecular formula is C30H33F3N4O4. The highest BCUT2D eigenvalue weighted by Crippen LogP contribution is 2.25. The second kappa shape index (κ2) is 12.2. The number of nitrogens with zero attached hydrogens (tertiary/aromatic N) is 3. The van der Waals surface area contributed by atoms with Crippen LogP contribution in [0.4, 0.5) is 13.2 Å². The standard InChI is InChI=1S/C30H33F3N4O4/c1-19(2)22-7-9-23(10-8-22)29(40)36-13-11-35(12-14-36)18-27(38)26-16-25(28(34)39)20(3)37(26)17-21-5-4-6-24(15-21)41-30(31,32)33/h4-10,15-16,19H,11-14,17-18H2,1-3H3,(H2,34,39). The third-order valence-electron chi connectivity index (χ3n) is 7.24. The number of ketones is 1. The molecule has 2 heterocycles. The van der Waals surface area contributed by atoms with Crippen molar-refractivity contribution >= 4 is 17.6 Å². The Kier molecular flexibility index (Phi) is 8.86. The fraction of sp³-hybridized carbons (Fsp3) is 0.367. The van der Waals surface area contributed by atoms with Crippen molar-refractivity contribution in [3.05, 3.63) is 88.2 Å². The maximum absolute atomic E-state index is 13.4. The molecule has 0 radical (unpaired) electrons. The van der Waals surface area contributed by atoms with Crippen LogP contribution in [0.2, 0.25) is 0 Å². The van der Waals surface area contributed by atoms with E-state index in [1.54, 1.807) is 22.5 Å².